The Balaban J connectivity index is 1.65. The molecule has 1 amide bonds. The number of aromatic nitrogens is 2. The summed E-state index contributed by atoms with van der Waals surface area (Å²) >= 11 is 11.6. The second kappa shape index (κ2) is 4.35. The molecular formula is C12H13Cl2N3O. The highest BCUT2D eigenvalue weighted by Gasteiger charge is 2.53. The maximum Gasteiger partial charge on any atom is 0.254 e. The molecule has 0 aliphatic heterocycles. The highest BCUT2D eigenvalue weighted by Crippen LogP contribution is 2.60. The van der Waals surface area contributed by atoms with Crippen molar-refractivity contribution in [3.05, 3.63) is 21.9 Å². The van der Waals surface area contributed by atoms with Crippen molar-refractivity contribution >= 4 is 29.1 Å². The number of hydrogen-bond acceptors (Lipinski definition) is 3. The minimum Gasteiger partial charge on any atom is -0.351 e. The molecule has 0 radical (unpaired) electrons. The van der Waals surface area contributed by atoms with Crippen LogP contribution in [-0.2, 0) is 0 Å². The number of amides is 1. The predicted molar refractivity (Wildman–Crippen MR) is 68.8 cm³/mol. The SMILES string of the molecule is O=C(NCC1(C2CC2)CC1)c1cc(Cl)nnc1Cl. The van der Waals surface area contributed by atoms with E-state index in [1.807, 2.05) is 0 Å². The number of rotatable bonds is 4. The number of halogens is 2. The maximum absolute atomic E-state index is 12.0. The van der Waals surface area contributed by atoms with Gasteiger partial charge in [0.25, 0.3) is 5.91 Å². The van der Waals surface area contributed by atoms with E-state index in [0.717, 1.165) is 12.5 Å². The van der Waals surface area contributed by atoms with Crippen LogP contribution in [0.15, 0.2) is 6.07 Å². The quantitative estimate of drug-likeness (QED) is 0.925. The molecule has 0 aromatic carbocycles. The van der Waals surface area contributed by atoms with Gasteiger partial charge < -0.3 is 5.32 Å². The first kappa shape index (κ1) is 12.2. The van der Waals surface area contributed by atoms with Crippen LogP contribution >= 0.6 is 23.2 Å². The summed E-state index contributed by atoms with van der Waals surface area (Å²) in [6.07, 6.45) is 5.06. The summed E-state index contributed by atoms with van der Waals surface area (Å²) in [5.41, 5.74) is 0.662. The number of nitrogens with one attached hydrogen (secondary N) is 1. The lowest BCUT2D eigenvalue weighted by Crippen LogP contribution is -2.31. The molecule has 6 heteroatoms. The van der Waals surface area contributed by atoms with Gasteiger partial charge in [-0.3, -0.25) is 4.79 Å². The number of carbonyl (C=O) groups is 1. The van der Waals surface area contributed by atoms with Crippen LogP contribution in [-0.4, -0.2) is 22.6 Å². The molecule has 96 valence electrons. The number of carbonyl (C=O) groups excluding carboxylic acids is 1. The highest BCUT2D eigenvalue weighted by molar-refractivity contribution is 6.34. The summed E-state index contributed by atoms with van der Waals surface area (Å²) in [5.74, 6) is 0.594. The fraction of sp³-hybridized carbons (Fsp3) is 0.583. The summed E-state index contributed by atoms with van der Waals surface area (Å²) < 4.78 is 0. The fourth-order valence-corrected chi connectivity index (χ4v) is 2.77. The van der Waals surface area contributed by atoms with Crippen molar-refractivity contribution in [3.8, 4) is 0 Å². The molecule has 0 bridgehead atoms. The lowest BCUT2D eigenvalue weighted by atomic mass is 10.0. The van der Waals surface area contributed by atoms with Crippen LogP contribution in [0.4, 0.5) is 0 Å². The van der Waals surface area contributed by atoms with E-state index in [1.54, 1.807) is 0 Å². The molecule has 0 unspecified atom stereocenters. The third-order valence-electron chi connectivity index (χ3n) is 3.90. The minimum absolute atomic E-state index is 0.0909. The van der Waals surface area contributed by atoms with Crippen LogP contribution in [0.25, 0.3) is 0 Å². The van der Waals surface area contributed by atoms with Gasteiger partial charge in [0, 0.05) is 6.54 Å². The molecule has 0 spiro atoms. The average Bonchev–Trinajstić information content (AvgIpc) is 3.21. The molecule has 4 nitrogen and oxygen atoms in total. The van der Waals surface area contributed by atoms with Gasteiger partial charge in [0.15, 0.2) is 10.3 Å². The summed E-state index contributed by atoms with van der Waals surface area (Å²) in [7, 11) is 0. The fourth-order valence-electron chi connectivity index (χ4n) is 2.45. The first-order valence-corrected chi connectivity index (χ1v) is 6.83. The van der Waals surface area contributed by atoms with Gasteiger partial charge >= 0.3 is 0 Å². The third-order valence-corrected chi connectivity index (χ3v) is 4.36. The van der Waals surface area contributed by atoms with Crippen LogP contribution < -0.4 is 5.32 Å². The standard InChI is InChI=1S/C12H13Cl2N3O/c13-9-5-8(10(14)17-16-9)11(18)15-6-12(3-4-12)7-1-2-7/h5,7H,1-4,6H2,(H,15,18). The Hall–Kier alpha value is -0.870. The molecule has 2 aliphatic rings. The van der Waals surface area contributed by atoms with Gasteiger partial charge in [0.2, 0.25) is 0 Å². The lowest BCUT2D eigenvalue weighted by Gasteiger charge is -2.15. The zero-order valence-corrected chi connectivity index (χ0v) is 11.3. The van der Waals surface area contributed by atoms with Crippen molar-refractivity contribution in [1.82, 2.24) is 15.5 Å². The van der Waals surface area contributed by atoms with Gasteiger partial charge in [-0.2, -0.15) is 0 Å². The normalized spacial score (nSPS) is 20.6. The molecule has 3 rings (SSSR count). The van der Waals surface area contributed by atoms with Gasteiger partial charge in [0.1, 0.15) is 0 Å². The Kier molecular flexibility index (Phi) is 2.94. The third kappa shape index (κ3) is 2.31. The molecule has 1 aromatic rings. The Morgan fingerprint density at radius 1 is 1.39 bits per heavy atom. The smallest absolute Gasteiger partial charge is 0.254 e. The Labute approximate surface area is 115 Å². The van der Waals surface area contributed by atoms with Gasteiger partial charge in [0.05, 0.1) is 5.56 Å². The van der Waals surface area contributed by atoms with Crippen LogP contribution in [0.5, 0.6) is 0 Å². The second-order valence-electron chi connectivity index (χ2n) is 5.19. The summed E-state index contributed by atoms with van der Waals surface area (Å²) in [5, 5.41) is 10.4. The van der Waals surface area contributed by atoms with Crippen molar-refractivity contribution in [2.45, 2.75) is 25.7 Å². The molecule has 1 N–H and O–H groups in total. The Morgan fingerprint density at radius 2 is 2.11 bits per heavy atom. The molecule has 0 atom stereocenters. The zero-order chi connectivity index (χ0) is 12.8. The molecule has 2 fully saturated rings. The average molecular weight is 286 g/mol. The molecule has 0 saturated heterocycles. The first-order chi connectivity index (χ1) is 8.61. The zero-order valence-electron chi connectivity index (χ0n) is 9.75. The van der Waals surface area contributed by atoms with Crippen LogP contribution in [0, 0.1) is 11.3 Å². The van der Waals surface area contributed by atoms with Crippen molar-refractivity contribution in [3.63, 3.8) is 0 Å². The summed E-state index contributed by atoms with van der Waals surface area (Å²) in [6.45, 7) is 0.729. The van der Waals surface area contributed by atoms with E-state index in [9.17, 15) is 4.79 Å². The number of nitrogens with zero attached hydrogens (tertiary/aromatic N) is 2. The largest absolute Gasteiger partial charge is 0.351 e. The van der Waals surface area contributed by atoms with E-state index in [4.69, 9.17) is 23.2 Å². The van der Waals surface area contributed by atoms with Crippen LogP contribution in [0.1, 0.15) is 36.0 Å². The Bertz CT molecular complexity index is 498. The van der Waals surface area contributed by atoms with Crippen molar-refractivity contribution in [1.29, 1.82) is 0 Å². The lowest BCUT2D eigenvalue weighted by molar-refractivity contribution is 0.0942. The molecule has 2 aliphatic carbocycles. The summed E-state index contributed by atoms with van der Waals surface area (Å²) in [6, 6.07) is 1.45. The molecule has 1 aromatic heterocycles. The van der Waals surface area contributed by atoms with Crippen molar-refractivity contribution < 1.29 is 4.79 Å². The van der Waals surface area contributed by atoms with Crippen molar-refractivity contribution in [2.75, 3.05) is 6.54 Å². The second-order valence-corrected chi connectivity index (χ2v) is 5.94. The molecular weight excluding hydrogens is 273 g/mol. The molecule has 1 heterocycles. The topological polar surface area (TPSA) is 54.9 Å². The van der Waals surface area contributed by atoms with Crippen LogP contribution in [0.3, 0.4) is 0 Å². The first-order valence-electron chi connectivity index (χ1n) is 6.08. The number of hydrogen-bond donors (Lipinski definition) is 1. The highest BCUT2D eigenvalue weighted by atomic mass is 35.5. The monoisotopic (exact) mass is 285 g/mol. The van der Waals surface area contributed by atoms with E-state index in [0.29, 0.717) is 11.0 Å². The van der Waals surface area contributed by atoms with Gasteiger partial charge in [-0.25, -0.2) is 0 Å². The van der Waals surface area contributed by atoms with Crippen molar-refractivity contribution in [2.24, 2.45) is 11.3 Å². The van der Waals surface area contributed by atoms with E-state index in [-0.39, 0.29) is 16.2 Å². The van der Waals surface area contributed by atoms with E-state index >= 15 is 0 Å². The van der Waals surface area contributed by atoms with Gasteiger partial charge in [-0.15, -0.1) is 10.2 Å². The van der Waals surface area contributed by atoms with E-state index < -0.39 is 0 Å². The predicted octanol–water partition coefficient (Wildman–Crippen LogP) is 2.70. The minimum atomic E-state index is -0.219. The van der Waals surface area contributed by atoms with E-state index in [2.05, 4.69) is 15.5 Å². The van der Waals surface area contributed by atoms with Crippen LogP contribution in [0.2, 0.25) is 10.3 Å². The van der Waals surface area contributed by atoms with Gasteiger partial charge in [-0.1, -0.05) is 23.2 Å². The Morgan fingerprint density at radius 3 is 2.72 bits per heavy atom. The maximum atomic E-state index is 12.0. The summed E-state index contributed by atoms with van der Waals surface area (Å²) in [4.78, 5) is 12.0. The van der Waals surface area contributed by atoms with E-state index in [1.165, 1.54) is 31.7 Å². The van der Waals surface area contributed by atoms with Gasteiger partial charge in [-0.05, 0) is 43.1 Å². The molecule has 2 saturated carbocycles. The molecule has 18 heavy (non-hydrogen) atoms.